The Morgan fingerprint density at radius 3 is 1.49 bits per heavy atom. The van der Waals surface area contributed by atoms with Crippen molar-refractivity contribution in [3.8, 4) is 0 Å². The number of aromatic nitrogens is 6. The number of nitrogens with one attached hydrogen (secondary N) is 4. The molecular formula is C41H46N12O19S5. The molecule has 0 bridgehead atoms. The maximum absolute atomic E-state index is 12.9. The van der Waals surface area contributed by atoms with Gasteiger partial charge in [0, 0.05) is 47.3 Å². The van der Waals surface area contributed by atoms with Gasteiger partial charge in [0.05, 0.1) is 78.8 Å². The van der Waals surface area contributed by atoms with Crippen LogP contribution in [0.15, 0.2) is 97.3 Å². The summed E-state index contributed by atoms with van der Waals surface area (Å²) in [6.07, 6.45) is 2.78. The molecule has 31 nitrogen and oxygen atoms in total. The summed E-state index contributed by atoms with van der Waals surface area (Å²) in [5, 5.41) is 88.3. The van der Waals surface area contributed by atoms with Crippen LogP contribution in [0.25, 0.3) is 12.2 Å². The van der Waals surface area contributed by atoms with Crippen LogP contribution < -0.4 is 31.1 Å². The van der Waals surface area contributed by atoms with E-state index < -0.39 is 43.2 Å². The summed E-state index contributed by atoms with van der Waals surface area (Å²) in [4.78, 5) is 28.8. The van der Waals surface area contributed by atoms with Crippen LogP contribution in [0.3, 0.4) is 0 Å². The quantitative estimate of drug-likeness (QED) is 0.00907. The first-order chi connectivity index (χ1) is 37.0. The molecule has 6 rings (SSSR count). The monoisotopic (exact) mass is 1170 g/mol. The molecule has 0 aliphatic carbocycles. The van der Waals surface area contributed by atoms with Crippen molar-refractivity contribution in [1.29, 1.82) is 0 Å². The number of hydrogen-bond donors (Lipinski definition) is 13. The number of nitrogens with zero attached hydrogens (tertiary/aromatic N) is 8. The third-order valence-corrected chi connectivity index (χ3v) is 13.6. The second-order valence-corrected chi connectivity index (χ2v) is 20.1. The molecule has 0 atom stereocenters. The summed E-state index contributed by atoms with van der Waals surface area (Å²) < 4.78 is 84.7. The fourth-order valence-corrected chi connectivity index (χ4v) is 9.35. The molecule has 0 aliphatic heterocycles. The van der Waals surface area contributed by atoms with Crippen LogP contribution >= 0.6 is 36.1 Å². The molecule has 0 radical (unpaired) electrons. The highest BCUT2D eigenvalue weighted by Crippen LogP contribution is 2.35. The first-order valence-electron chi connectivity index (χ1n) is 21.6. The van der Waals surface area contributed by atoms with E-state index in [9.17, 15) is 46.4 Å². The molecule has 13 N–H and O–H groups in total. The summed E-state index contributed by atoms with van der Waals surface area (Å²) in [5.41, 5.74) is 1.57. The third-order valence-electron chi connectivity index (χ3n) is 9.88. The number of aliphatic hydroxyl groups is 4. The van der Waals surface area contributed by atoms with E-state index in [4.69, 9.17) is 20.1 Å². The molecule has 0 unspecified atom stereocenters. The van der Waals surface area contributed by atoms with E-state index in [0.717, 1.165) is 17.7 Å². The number of rotatable bonds is 31. The van der Waals surface area contributed by atoms with Crippen LogP contribution in [0.4, 0.5) is 58.4 Å². The lowest BCUT2D eigenvalue weighted by molar-refractivity contribution is -0.432. The van der Waals surface area contributed by atoms with Gasteiger partial charge in [-0.3, -0.25) is 9.11 Å². The standard InChI is InChI=1S/C41H46N12O19S5/c1-24-2-10-32(74-71-68-59)30(20-24)44-38-46-36(48-40(50-38)52(12-16-54)13-17-55)42-27-7-5-25(33(21-27)75-72-69-60)3-4-26-6-8-28(22-35(26)77(64,65)66)43-37-47-39(51-41(49-37)53(14-18-56)15-19-57)45-31-23-29(73-70-67-58)9-11-34(31)76(61,62)63/h2-11,20-23,54-60H,12-19H2,1H3,(H,61,62,63)(H,64,65,66)(H2,42,44,46,48,50)(H2,43,45,47,49,51). The zero-order valence-electron chi connectivity index (χ0n) is 39.5. The number of anilines is 10. The topological polar surface area (TPSA) is 438 Å². The maximum Gasteiger partial charge on any atom is 0.296 e. The molecule has 0 saturated carbocycles. The van der Waals surface area contributed by atoms with Crippen LogP contribution in [-0.2, 0) is 48.4 Å². The molecule has 414 valence electrons. The largest absolute Gasteiger partial charge is 0.395 e. The Morgan fingerprint density at radius 1 is 0.506 bits per heavy atom. The zero-order chi connectivity index (χ0) is 55.5. The fourth-order valence-electron chi connectivity index (χ4n) is 6.67. The average molecular weight is 1170 g/mol. The molecular weight excluding hydrogens is 1120 g/mol. The van der Waals surface area contributed by atoms with Gasteiger partial charge < -0.3 is 51.5 Å². The minimum Gasteiger partial charge on any atom is -0.395 e. The van der Waals surface area contributed by atoms with Crippen molar-refractivity contribution in [2.45, 2.75) is 31.4 Å². The van der Waals surface area contributed by atoms with Gasteiger partial charge in [-0.2, -0.15) is 46.7 Å². The number of hydrogen-bond acceptors (Lipinski definition) is 32. The Labute approximate surface area is 449 Å². The lowest BCUT2D eigenvalue weighted by atomic mass is 10.1. The van der Waals surface area contributed by atoms with Crippen LogP contribution in [0, 0.1) is 6.92 Å². The van der Waals surface area contributed by atoms with Crippen molar-refractivity contribution in [2.24, 2.45) is 0 Å². The van der Waals surface area contributed by atoms with Crippen LogP contribution in [0.1, 0.15) is 16.7 Å². The Morgan fingerprint density at radius 2 is 0.974 bits per heavy atom. The van der Waals surface area contributed by atoms with Crippen molar-refractivity contribution >= 4 is 127 Å². The average Bonchev–Trinajstić information content (AvgIpc) is 3.39. The molecule has 36 heteroatoms. The Bertz CT molecular complexity index is 3200. The van der Waals surface area contributed by atoms with E-state index in [1.807, 2.05) is 6.92 Å². The third kappa shape index (κ3) is 17.7. The first-order valence-corrected chi connectivity index (χ1v) is 26.7. The molecule has 0 saturated heterocycles. The van der Waals surface area contributed by atoms with E-state index in [-0.39, 0.29) is 102 Å². The number of aryl methyl sites for hydroxylation is 1. The Balaban J connectivity index is 1.33. The van der Waals surface area contributed by atoms with Crippen molar-refractivity contribution in [3.63, 3.8) is 0 Å². The van der Waals surface area contributed by atoms with E-state index in [1.165, 1.54) is 52.3 Å². The van der Waals surface area contributed by atoms with Gasteiger partial charge in [-0.05, 0) is 78.2 Å². The Kier molecular flexibility index (Phi) is 22.6. The summed E-state index contributed by atoms with van der Waals surface area (Å²) in [7, 11) is -9.87. The molecule has 2 aromatic heterocycles. The maximum atomic E-state index is 12.9. The van der Waals surface area contributed by atoms with Gasteiger partial charge in [0.1, 0.15) is 9.79 Å². The second kappa shape index (κ2) is 29.0. The van der Waals surface area contributed by atoms with Crippen LogP contribution in [0.2, 0.25) is 0 Å². The van der Waals surface area contributed by atoms with Gasteiger partial charge in [0.25, 0.3) is 20.2 Å². The van der Waals surface area contributed by atoms with Crippen LogP contribution in [0.5, 0.6) is 0 Å². The van der Waals surface area contributed by atoms with Gasteiger partial charge in [-0.25, -0.2) is 15.8 Å². The number of benzene rings is 4. The number of aliphatic hydroxyl groups excluding tert-OH is 4. The van der Waals surface area contributed by atoms with Crippen LogP contribution in [-0.4, -0.2) is 145 Å². The summed E-state index contributed by atoms with van der Waals surface area (Å²) >= 11 is 1.69. The van der Waals surface area contributed by atoms with E-state index in [1.54, 1.807) is 30.3 Å². The van der Waals surface area contributed by atoms with E-state index in [0.29, 0.717) is 58.0 Å². The highest BCUT2D eigenvalue weighted by atomic mass is 32.2. The predicted molar refractivity (Wildman–Crippen MR) is 277 cm³/mol. The minimum atomic E-state index is -4.99. The molecule has 0 aliphatic rings. The van der Waals surface area contributed by atoms with Crippen molar-refractivity contribution in [3.05, 3.63) is 89.5 Å². The molecule has 77 heavy (non-hydrogen) atoms. The van der Waals surface area contributed by atoms with E-state index in [2.05, 4.69) is 75.0 Å². The van der Waals surface area contributed by atoms with Gasteiger partial charge in [0.15, 0.2) is 0 Å². The zero-order valence-corrected chi connectivity index (χ0v) is 43.5. The molecule has 2 heterocycles. The fraction of sp³-hybridized carbons (Fsp3) is 0.220. The lowest BCUT2D eigenvalue weighted by Crippen LogP contribution is -2.31. The summed E-state index contributed by atoms with van der Waals surface area (Å²) in [6, 6.07) is 17.0. The normalized spacial score (nSPS) is 11.8. The van der Waals surface area contributed by atoms with Gasteiger partial charge in [0.2, 0.25) is 35.7 Å². The highest BCUT2D eigenvalue weighted by Gasteiger charge is 2.22. The van der Waals surface area contributed by atoms with Crippen molar-refractivity contribution in [2.75, 3.05) is 83.7 Å². The molecule has 6 aromatic rings. The van der Waals surface area contributed by atoms with Crippen molar-refractivity contribution in [1.82, 2.24) is 29.9 Å². The van der Waals surface area contributed by atoms with Gasteiger partial charge in [-0.1, -0.05) is 45.5 Å². The summed E-state index contributed by atoms with van der Waals surface area (Å²) in [6.45, 7) is 0.207. The molecule has 0 spiro atoms. The SMILES string of the molecule is Cc1ccc(SOOO)c(Nc2nc(Nc3ccc(C=Cc4ccc(Nc5nc(Nc6cc(SOOO)ccc6S(=O)(=O)O)nc(N(CCO)CCO)n5)cc4S(=O)(=O)O)c(SOOO)c3)nc(N(CCO)CCO)n2)c1. The molecule has 0 fully saturated rings. The highest BCUT2D eigenvalue weighted by molar-refractivity contribution is 7.95. The van der Waals surface area contributed by atoms with Gasteiger partial charge in [-0.15, -0.1) is 13.0 Å². The molecule has 4 aromatic carbocycles. The smallest absolute Gasteiger partial charge is 0.296 e. The first kappa shape index (κ1) is 60.0. The Hall–Kier alpha value is -6.21. The lowest BCUT2D eigenvalue weighted by Gasteiger charge is -2.22. The van der Waals surface area contributed by atoms with Gasteiger partial charge >= 0.3 is 0 Å². The second-order valence-electron chi connectivity index (χ2n) is 15.1. The van der Waals surface area contributed by atoms with Crippen molar-refractivity contribution < 1.29 is 90.3 Å². The van der Waals surface area contributed by atoms with E-state index >= 15 is 0 Å². The summed E-state index contributed by atoms with van der Waals surface area (Å²) in [5.74, 6) is -0.857. The minimum absolute atomic E-state index is 0.00266. The molecule has 0 amide bonds. The predicted octanol–water partition coefficient (Wildman–Crippen LogP) is 4.87.